The van der Waals surface area contributed by atoms with Crippen LogP contribution in [0.25, 0.3) is 0 Å². The maximum atomic E-state index is 13.6. The fourth-order valence-electron chi connectivity index (χ4n) is 7.74. The van der Waals surface area contributed by atoms with Crippen molar-refractivity contribution in [2.24, 2.45) is 0 Å². The Kier molecular flexibility index (Phi) is 43.9. The summed E-state index contributed by atoms with van der Waals surface area (Å²) in [7, 11) is 0. The molecule has 6 heteroatoms. The van der Waals surface area contributed by atoms with Crippen LogP contribution in [0.5, 0.6) is 0 Å². The van der Waals surface area contributed by atoms with E-state index in [0.29, 0.717) is 19.3 Å². The first-order valence-electron chi connectivity index (χ1n) is 26.3. The minimum Gasteiger partial charge on any atom is -0.382 e. The molecule has 0 radical (unpaired) electrons. The van der Waals surface area contributed by atoms with Crippen LogP contribution in [0.15, 0.2) is 72.9 Å². The van der Waals surface area contributed by atoms with E-state index < -0.39 is 35.2 Å². The Labute approximate surface area is 388 Å². The molecule has 0 aliphatic rings. The summed E-state index contributed by atoms with van der Waals surface area (Å²) < 4.78 is 0. The zero-order valence-electron chi connectivity index (χ0n) is 41.1. The van der Waals surface area contributed by atoms with Gasteiger partial charge in [0.05, 0.1) is 0 Å². The van der Waals surface area contributed by atoms with E-state index >= 15 is 0 Å². The molecule has 3 N–H and O–H groups in total. The fourth-order valence-corrected chi connectivity index (χ4v) is 7.74. The summed E-state index contributed by atoms with van der Waals surface area (Å²) in [5.74, 6) is -2.21. The normalized spacial score (nSPS) is 14.4. The summed E-state index contributed by atoms with van der Waals surface area (Å²) >= 11 is 0. The SMILES string of the molecule is CCCCCC=CCC=CCCCCCCCC(=O)C(O)C(O)(C(=O)CCCCCCCC=CCC=CCCCCC)C(O)C(=O)CCCCCCCC=CCC=CCCCCC. The highest BCUT2D eigenvalue weighted by Crippen LogP contribution is 2.26. The number of allylic oxidation sites excluding steroid dienone is 12. The smallest absolute Gasteiger partial charge is 0.189 e. The van der Waals surface area contributed by atoms with Gasteiger partial charge in [0.25, 0.3) is 0 Å². The van der Waals surface area contributed by atoms with E-state index in [-0.39, 0.29) is 19.3 Å². The van der Waals surface area contributed by atoms with Gasteiger partial charge in [-0.15, -0.1) is 0 Å². The van der Waals surface area contributed by atoms with Crippen molar-refractivity contribution in [1.82, 2.24) is 0 Å². The molecule has 0 fully saturated rings. The van der Waals surface area contributed by atoms with Crippen molar-refractivity contribution in [1.29, 1.82) is 0 Å². The summed E-state index contributed by atoms with van der Waals surface area (Å²) in [6.07, 6.45) is 56.1. The zero-order chi connectivity index (χ0) is 46.3. The van der Waals surface area contributed by atoms with Gasteiger partial charge in [-0.05, 0) is 116 Å². The number of carbonyl (C=O) groups excluding carboxylic acids is 3. The third-order valence-electron chi connectivity index (χ3n) is 12.0. The van der Waals surface area contributed by atoms with Gasteiger partial charge in [-0.25, -0.2) is 0 Å². The van der Waals surface area contributed by atoms with Crippen LogP contribution in [0, 0.1) is 0 Å². The molecular formula is C57H98O6. The van der Waals surface area contributed by atoms with Crippen molar-refractivity contribution < 1.29 is 29.7 Å². The number of unbranched alkanes of at least 4 members (excludes halogenated alkanes) is 24. The molecule has 0 amide bonds. The quantitative estimate of drug-likeness (QED) is 0.0415. The van der Waals surface area contributed by atoms with E-state index in [9.17, 15) is 29.7 Å². The molecule has 362 valence electrons. The third kappa shape index (κ3) is 35.3. The highest BCUT2D eigenvalue weighted by Gasteiger charge is 2.53. The number of hydrogen-bond acceptors (Lipinski definition) is 6. The average molecular weight is 879 g/mol. The number of rotatable bonds is 47. The summed E-state index contributed by atoms with van der Waals surface area (Å²) in [6.45, 7) is 6.66. The van der Waals surface area contributed by atoms with E-state index in [1.807, 2.05) is 0 Å². The Morgan fingerprint density at radius 2 is 0.587 bits per heavy atom. The largest absolute Gasteiger partial charge is 0.382 e. The monoisotopic (exact) mass is 879 g/mol. The van der Waals surface area contributed by atoms with Gasteiger partial charge in [0.2, 0.25) is 0 Å². The maximum Gasteiger partial charge on any atom is 0.189 e. The summed E-state index contributed by atoms with van der Waals surface area (Å²) in [6, 6.07) is 0. The Morgan fingerprint density at radius 1 is 0.349 bits per heavy atom. The number of ketones is 3. The predicted octanol–water partition coefficient (Wildman–Crippen LogP) is 15.6. The van der Waals surface area contributed by atoms with Gasteiger partial charge in [0.15, 0.2) is 35.2 Å². The number of aliphatic hydroxyl groups excluding tert-OH is 2. The molecule has 0 aliphatic carbocycles. The number of hydrogen-bond donors (Lipinski definition) is 3. The molecule has 0 heterocycles. The van der Waals surface area contributed by atoms with Crippen LogP contribution in [0.2, 0.25) is 0 Å². The second-order valence-electron chi connectivity index (χ2n) is 17.9. The minimum atomic E-state index is -2.84. The molecule has 0 rings (SSSR count). The van der Waals surface area contributed by atoms with Crippen molar-refractivity contribution >= 4 is 17.3 Å². The summed E-state index contributed by atoms with van der Waals surface area (Å²) in [5.41, 5.74) is -2.84. The van der Waals surface area contributed by atoms with Gasteiger partial charge in [-0.1, -0.05) is 190 Å². The lowest BCUT2D eigenvalue weighted by atomic mass is 9.78. The van der Waals surface area contributed by atoms with Gasteiger partial charge in [-0.2, -0.15) is 0 Å². The molecule has 0 bridgehead atoms. The Hall–Kier alpha value is -2.67. The lowest BCUT2D eigenvalue weighted by Crippen LogP contribution is -2.63. The first-order valence-corrected chi connectivity index (χ1v) is 26.3. The van der Waals surface area contributed by atoms with Crippen LogP contribution < -0.4 is 0 Å². The molecule has 2 unspecified atom stereocenters. The topological polar surface area (TPSA) is 112 Å². The number of aliphatic hydroxyl groups is 3. The van der Waals surface area contributed by atoms with Crippen molar-refractivity contribution in [3.05, 3.63) is 72.9 Å². The van der Waals surface area contributed by atoms with Gasteiger partial charge in [0, 0.05) is 19.3 Å². The molecule has 63 heavy (non-hydrogen) atoms. The van der Waals surface area contributed by atoms with E-state index in [0.717, 1.165) is 135 Å². The summed E-state index contributed by atoms with van der Waals surface area (Å²) in [5, 5.41) is 34.1. The molecule has 6 nitrogen and oxygen atoms in total. The van der Waals surface area contributed by atoms with Crippen molar-refractivity contribution in [2.45, 2.75) is 270 Å². The van der Waals surface area contributed by atoms with E-state index in [1.165, 1.54) is 57.8 Å². The van der Waals surface area contributed by atoms with E-state index in [1.54, 1.807) is 0 Å². The van der Waals surface area contributed by atoms with E-state index in [4.69, 9.17) is 0 Å². The molecule has 0 saturated carbocycles. The lowest BCUT2D eigenvalue weighted by Gasteiger charge is -2.34. The highest BCUT2D eigenvalue weighted by molar-refractivity contribution is 6.01. The predicted molar refractivity (Wildman–Crippen MR) is 270 cm³/mol. The van der Waals surface area contributed by atoms with Crippen LogP contribution in [0.3, 0.4) is 0 Å². The Bertz CT molecular complexity index is 1190. The molecule has 2 atom stereocenters. The second kappa shape index (κ2) is 45.9. The van der Waals surface area contributed by atoms with E-state index in [2.05, 4.69) is 93.7 Å². The molecule has 0 aromatic heterocycles. The molecule has 0 spiro atoms. The van der Waals surface area contributed by atoms with Crippen LogP contribution in [0.4, 0.5) is 0 Å². The van der Waals surface area contributed by atoms with Crippen LogP contribution in [0.1, 0.15) is 252 Å². The Morgan fingerprint density at radius 3 is 0.873 bits per heavy atom. The first-order chi connectivity index (χ1) is 30.8. The van der Waals surface area contributed by atoms with Gasteiger partial charge >= 0.3 is 0 Å². The number of Topliss-reactive ketones (excluding diaryl/α,β-unsaturated/α-hetero) is 3. The summed E-state index contributed by atoms with van der Waals surface area (Å²) in [4.78, 5) is 40.1. The molecule has 0 aliphatic heterocycles. The first kappa shape index (κ1) is 60.3. The average Bonchev–Trinajstić information content (AvgIpc) is 3.29. The molecule has 0 aromatic carbocycles. The Balaban J connectivity index is 4.91. The maximum absolute atomic E-state index is 13.6. The molecule has 0 aromatic rings. The standard InChI is InChI=1S/C57H98O6/c1-4-7-10-13-16-19-22-25-28-31-34-37-40-43-46-49-52(58)55(61)57(63,54(60)51-48-45-42-39-36-33-30-27-24-21-18-15-12-9-6-3)56(62)53(59)50-47-44-41-38-35-32-29-26-23-20-17-14-11-8-5-2/h16-21,25-30,55-56,61-63H,4-15,22-24,31-51H2,1-3H3. The lowest BCUT2D eigenvalue weighted by molar-refractivity contribution is -0.181. The fraction of sp³-hybridized carbons (Fsp3) is 0.737. The van der Waals surface area contributed by atoms with Crippen molar-refractivity contribution in [3.8, 4) is 0 Å². The van der Waals surface area contributed by atoms with Crippen LogP contribution >= 0.6 is 0 Å². The zero-order valence-corrected chi connectivity index (χ0v) is 41.1. The van der Waals surface area contributed by atoms with Crippen molar-refractivity contribution in [2.75, 3.05) is 0 Å². The van der Waals surface area contributed by atoms with Gasteiger partial charge < -0.3 is 15.3 Å². The van der Waals surface area contributed by atoms with Crippen LogP contribution in [-0.2, 0) is 14.4 Å². The highest BCUT2D eigenvalue weighted by atomic mass is 16.4. The van der Waals surface area contributed by atoms with Crippen molar-refractivity contribution in [3.63, 3.8) is 0 Å². The van der Waals surface area contributed by atoms with Gasteiger partial charge in [0.1, 0.15) is 0 Å². The van der Waals surface area contributed by atoms with Gasteiger partial charge in [-0.3, -0.25) is 14.4 Å². The van der Waals surface area contributed by atoms with Crippen LogP contribution in [-0.4, -0.2) is 50.5 Å². The number of carbonyl (C=O) groups is 3. The molecule has 0 saturated heterocycles. The molecular weight excluding hydrogens is 781 g/mol. The minimum absolute atomic E-state index is 0.0171. The second-order valence-corrected chi connectivity index (χ2v) is 17.9. The third-order valence-corrected chi connectivity index (χ3v) is 12.0.